The molecule has 2 saturated heterocycles. The summed E-state index contributed by atoms with van der Waals surface area (Å²) in [6.07, 6.45) is 6.63. The molecule has 2 aliphatic heterocycles. The third-order valence-corrected chi connectivity index (χ3v) is 6.89. The lowest BCUT2D eigenvalue weighted by atomic mass is 9.78. The van der Waals surface area contributed by atoms with Gasteiger partial charge in [0.1, 0.15) is 10.7 Å². The molecule has 2 aliphatic rings. The van der Waals surface area contributed by atoms with Gasteiger partial charge in [-0.2, -0.15) is 4.98 Å². The van der Waals surface area contributed by atoms with E-state index in [9.17, 15) is 4.79 Å². The van der Waals surface area contributed by atoms with Gasteiger partial charge in [-0.15, -0.1) is 0 Å². The van der Waals surface area contributed by atoms with Crippen LogP contribution in [0.1, 0.15) is 19.3 Å². The number of aromatic amines is 1. The molecule has 9 heteroatoms. The number of nitrogens with zero attached hydrogens (tertiary/aromatic N) is 4. The van der Waals surface area contributed by atoms with Gasteiger partial charge in [0.2, 0.25) is 11.8 Å². The molecule has 30 heavy (non-hydrogen) atoms. The molecule has 0 radical (unpaired) electrons. The molecule has 0 atom stereocenters. The minimum absolute atomic E-state index is 0.109. The Bertz CT molecular complexity index is 1160. The summed E-state index contributed by atoms with van der Waals surface area (Å²) in [4.78, 5) is 27.6. The van der Waals surface area contributed by atoms with E-state index in [0.29, 0.717) is 44.4 Å². The normalized spacial score (nSPS) is 18.4. The second-order valence-electron chi connectivity index (χ2n) is 8.17. The number of methoxy groups -OCH3 is 1. The fourth-order valence-electron chi connectivity index (χ4n) is 4.65. The molecule has 5 rings (SSSR count). The second kappa shape index (κ2) is 7.28. The van der Waals surface area contributed by atoms with Crippen molar-refractivity contribution in [1.29, 1.82) is 0 Å². The van der Waals surface area contributed by atoms with Gasteiger partial charge in [0.15, 0.2) is 0 Å². The first-order valence-corrected chi connectivity index (χ1v) is 10.5. The molecule has 0 bridgehead atoms. The van der Waals surface area contributed by atoms with Crippen molar-refractivity contribution in [2.75, 3.05) is 38.3 Å². The molecule has 2 fully saturated rings. The van der Waals surface area contributed by atoms with E-state index in [0.717, 1.165) is 45.6 Å². The Kier molecular flexibility index (Phi) is 4.71. The summed E-state index contributed by atoms with van der Waals surface area (Å²) >= 11 is 6.46. The number of piperidine rings is 1. The zero-order valence-corrected chi connectivity index (χ0v) is 17.8. The molecule has 5 heterocycles. The lowest BCUT2D eigenvalue weighted by Gasteiger charge is -2.39. The first-order chi connectivity index (χ1) is 14.5. The van der Waals surface area contributed by atoms with Crippen LogP contribution in [0.2, 0.25) is 5.02 Å². The Balaban J connectivity index is 1.54. The van der Waals surface area contributed by atoms with Crippen LogP contribution in [-0.4, -0.2) is 52.9 Å². The highest BCUT2D eigenvalue weighted by molar-refractivity contribution is 6.35. The molecule has 3 aromatic rings. The van der Waals surface area contributed by atoms with E-state index in [4.69, 9.17) is 26.1 Å². The highest BCUT2D eigenvalue weighted by Gasteiger charge is 2.38. The third kappa shape index (κ3) is 2.97. The van der Waals surface area contributed by atoms with Crippen LogP contribution < -0.4 is 15.2 Å². The SMILES string of the molecule is COc1nccc(-c2c[nH]c3nc(N4CCC5(CCOC5)CC4)n(C)c(=O)c23)c1Cl. The van der Waals surface area contributed by atoms with Gasteiger partial charge in [-0.25, -0.2) is 4.98 Å². The van der Waals surface area contributed by atoms with Gasteiger partial charge in [0, 0.05) is 50.3 Å². The Labute approximate surface area is 178 Å². The monoisotopic (exact) mass is 429 g/mol. The number of aromatic nitrogens is 4. The number of nitrogens with one attached hydrogen (secondary N) is 1. The van der Waals surface area contributed by atoms with E-state index < -0.39 is 0 Å². The number of rotatable bonds is 3. The van der Waals surface area contributed by atoms with E-state index in [-0.39, 0.29) is 5.56 Å². The molecular formula is C21H24ClN5O3. The topological polar surface area (TPSA) is 85.3 Å². The van der Waals surface area contributed by atoms with Crippen LogP contribution in [0.15, 0.2) is 23.3 Å². The van der Waals surface area contributed by atoms with Crippen molar-refractivity contribution < 1.29 is 9.47 Å². The summed E-state index contributed by atoms with van der Waals surface area (Å²) in [5, 5.41) is 0.876. The molecular weight excluding hydrogens is 406 g/mol. The van der Waals surface area contributed by atoms with E-state index in [2.05, 4.69) is 14.9 Å². The van der Waals surface area contributed by atoms with Gasteiger partial charge in [-0.1, -0.05) is 11.6 Å². The van der Waals surface area contributed by atoms with Crippen molar-refractivity contribution in [2.24, 2.45) is 12.5 Å². The minimum Gasteiger partial charge on any atom is -0.480 e. The van der Waals surface area contributed by atoms with E-state index >= 15 is 0 Å². The second-order valence-corrected chi connectivity index (χ2v) is 8.55. The van der Waals surface area contributed by atoms with Gasteiger partial charge in [0.05, 0.1) is 19.1 Å². The van der Waals surface area contributed by atoms with E-state index in [1.165, 1.54) is 7.11 Å². The predicted molar refractivity (Wildman–Crippen MR) is 115 cm³/mol. The molecule has 0 unspecified atom stereocenters. The summed E-state index contributed by atoms with van der Waals surface area (Å²) in [6.45, 7) is 3.45. The fourth-order valence-corrected chi connectivity index (χ4v) is 4.94. The van der Waals surface area contributed by atoms with Crippen molar-refractivity contribution in [3.8, 4) is 17.0 Å². The Hall–Kier alpha value is -2.58. The van der Waals surface area contributed by atoms with E-state index in [1.807, 2.05) is 0 Å². The molecule has 1 spiro atoms. The first kappa shape index (κ1) is 19.4. The van der Waals surface area contributed by atoms with Crippen LogP contribution in [0.25, 0.3) is 22.2 Å². The Morgan fingerprint density at radius 2 is 2.07 bits per heavy atom. The summed E-state index contributed by atoms with van der Waals surface area (Å²) in [6, 6.07) is 1.77. The number of hydrogen-bond acceptors (Lipinski definition) is 6. The molecule has 3 aromatic heterocycles. The molecule has 0 amide bonds. The molecule has 0 aliphatic carbocycles. The van der Waals surface area contributed by atoms with Crippen LogP contribution in [0, 0.1) is 5.41 Å². The van der Waals surface area contributed by atoms with E-state index in [1.54, 1.807) is 30.1 Å². The number of anilines is 1. The average Bonchev–Trinajstić information content (AvgIpc) is 3.39. The van der Waals surface area contributed by atoms with Crippen molar-refractivity contribution in [2.45, 2.75) is 19.3 Å². The molecule has 1 N–H and O–H groups in total. The quantitative estimate of drug-likeness (QED) is 0.688. The number of pyridine rings is 1. The highest BCUT2D eigenvalue weighted by Crippen LogP contribution is 2.40. The fraction of sp³-hybridized carbons (Fsp3) is 0.476. The standard InChI is InChI=1S/C21H24ClN5O3/c1-26-19(28)15-14(13-3-7-23-18(29-2)16(13)22)11-24-17(15)25-20(26)27-8-4-21(5-9-27)6-10-30-12-21/h3,7,11,24H,4-6,8-10,12H2,1-2H3. The summed E-state index contributed by atoms with van der Waals surface area (Å²) in [5.41, 5.74) is 2.12. The van der Waals surface area contributed by atoms with Crippen LogP contribution in [0.4, 0.5) is 5.95 Å². The molecule has 8 nitrogen and oxygen atoms in total. The van der Waals surface area contributed by atoms with Gasteiger partial charge in [-0.3, -0.25) is 9.36 Å². The maximum atomic E-state index is 13.3. The van der Waals surface area contributed by atoms with Gasteiger partial charge >= 0.3 is 0 Å². The van der Waals surface area contributed by atoms with Gasteiger partial charge < -0.3 is 19.4 Å². The lowest BCUT2D eigenvalue weighted by molar-refractivity contribution is 0.133. The van der Waals surface area contributed by atoms with Crippen LogP contribution in [0.5, 0.6) is 5.88 Å². The van der Waals surface area contributed by atoms with Crippen molar-refractivity contribution in [3.63, 3.8) is 0 Å². The molecule has 0 aromatic carbocycles. The van der Waals surface area contributed by atoms with Crippen molar-refractivity contribution in [1.82, 2.24) is 19.5 Å². The zero-order valence-electron chi connectivity index (χ0n) is 17.1. The van der Waals surface area contributed by atoms with Crippen molar-refractivity contribution in [3.05, 3.63) is 33.8 Å². The highest BCUT2D eigenvalue weighted by atomic mass is 35.5. The Morgan fingerprint density at radius 1 is 1.27 bits per heavy atom. The predicted octanol–water partition coefficient (Wildman–Crippen LogP) is 2.99. The average molecular weight is 430 g/mol. The first-order valence-electron chi connectivity index (χ1n) is 10.1. The summed E-state index contributed by atoms with van der Waals surface area (Å²) < 4.78 is 12.5. The number of halogens is 1. The lowest BCUT2D eigenvalue weighted by Crippen LogP contribution is -2.43. The zero-order chi connectivity index (χ0) is 20.9. The summed E-state index contributed by atoms with van der Waals surface area (Å²) in [7, 11) is 3.29. The molecule has 158 valence electrons. The van der Waals surface area contributed by atoms with Gasteiger partial charge in [0.25, 0.3) is 5.56 Å². The number of fused-ring (bicyclic) bond motifs is 1. The van der Waals surface area contributed by atoms with Crippen LogP contribution in [0.3, 0.4) is 0 Å². The Morgan fingerprint density at radius 3 is 2.77 bits per heavy atom. The largest absolute Gasteiger partial charge is 0.480 e. The maximum absolute atomic E-state index is 13.3. The van der Waals surface area contributed by atoms with Crippen LogP contribution in [-0.2, 0) is 11.8 Å². The van der Waals surface area contributed by atoms with Gasteiger partial charge in [-0.05, 0) is 30.7 Å². The number of ether oxygens (including phenoxy) is 2. The smallest absolute Gasteiger partial charge is 0.264 e. The third-order valence-electron chi connectivity index (χ3n) is 6.52. The summed E-state index contributed by atoms with van der Waals surface area (Å²) in [5.74, 6) is 1.01. The molecule has 0 saturated carbocycles. The maximum Gasteiger partial charge on any atom is 0.264 e. The minimum atomic E-state index is -0.109. The number of H-pyrrole nitrogens is 1. The van der Waals surface area contributed by atoms with Crippen molar-refractivity contribution >= 4 is 28.6 Å². The number of hydrogen-bond donors (Lipinski definition) is 1. The van der Waals surface area contributed by atoms with Crippen LogP contribution >= 0.6 is 11.6 Å².